The van der Waals surface area contributed by atoms with Crippen molar-refractivity contribution in [3.63, 3.8) is 0 Å². The van der Waals surface area contributed by atoms with E-state index >= 15 is 0 Å². The Balaban J connectivity index is 1.65. The summed E-state index contributed by atoms with van der Waals surface area (Å²) in [6.07, 6.45) is 4.51. The van der Waals surface area contributed by atoms with Crippen LogP contribution in [0.4, 0.5) is 11.6 Å². The molecule has 6 N–H and O–H groups in total. The van der Waals surface area contributed by atoms with Crippen molar-refractivity contribution in [3.8, 4) is 5.75 Å². The third-order valence-electron chi connectivity index (χ3n) is 4.87. The summed E-state index contributed by atoms with van der Waals surface area (Å²) in [5, 5.41) is 22.2. The summed E-state index contributed by atoms with van der Waals surface area (Å²) in [5.41, 5.74) is 6.85. The van der Waals surface area contributed by atoms with Gasteiger partial charge in [-0.05, 0) is 31.0 Å². The molecule has 3 aromatic rings. The molecule has 2 aromatic heterocycles. The van der Waals surface area contributed by atoms with Gasteiger partial charge in [-0.25, -0.2) is 14.8 Å². The number of rotatable bonds is 5. The Kier molecular flexibility index (Phi) is 4.74. The molecule has 0 unspecified atom stereocenters. The van der Waals surface area contributed by atoms with Gasteiger partial charge in [-0.2, -0.15) is 4.98 Å². The molecule has 11 heteroatoms. The number of amides is 1. The number of nitrogens with one attached hydrogen (secondary N) is 2. The van der Waals surface area contributed by atoms with E-state index in [1.54, 1.807) is 0 Å². The quantitative estimate of drug-likeness (QED) is 0.311. The number of aromatic amines is 1. The lowest BCUT2D eigenvalue weighted by molar-refractivity contribution is -0.118. The minimum absolute atomic E-state index is 0.0743. The number of aromatic hydroxyl groups is 1. The molecule has 1 aliphatic carbocycles. The highest BCUT2D eigenvalue weighted by Gasteiger charge is 2.43. The standard InChI is InChI=1S/C18H18N6O4S/c19-17-23-13-12(20-8-21-13)14(24-17)29-18(5-1-2-6-18)16(28)22-9-3-4-11(25)10(7-9)15(26)27/h3-4,7-8,25H,1-2,5-6H2,(H,22,28)(H,26,27)(H3,19,20,21,23,24). The van der Waals surface area contributed by atoms with Crippen LogP contribution in [0, 0.1) is 0 Å². The van der Waals surface area contributed by atoms with Crippen LogP contribution in [0.15, 0.2) is 29.6 Å². The van der Waals surface area contributed by atoms with Gasteiger partial charge in [0.25, 0.3) is 0 Å². The SMILES string of the molecule is Nc1nc(SC2(C(=O)Nc3ccc(O)c(C(=O)O)c3)CCCC2)c2[nH]cnc2n1. The Bertz CT molecular complexity index is 1110. The fraction of sp³-hybridized carbons (Fsp3) is 0.278. The van der Waals surface area contributed by atoms with Gasteiger partial charge in [0.2, 0.25) is 11.9 Å². The maximum atomic E-state index is 13.2. The average molecular weight is 414 g/mol. The number of benzene rings is 1. The van der Waals surface area contributed by atoms with Crippen LogP contribution in [-0.2, 0) is 4.79 Å². The van der Waals surface area contributed by atoms with Crippen molar-refractivity contribution in [2.24, 2.45) is 0 Å². The number of carbonyl (C=O) groups is 2. The van der Waals surface area contributed by atoms with E-state index in [4.69, 9.17) is 5.73 Å². The van der Waals surface area contributed by atoms with Crippen LogP contribution < -0.4 is 11.1 Å². The number of thioether (sulfide) groups is 1. The molecule has 0 saturated heterocycles. The van der Waals surface area contributed by atoms with Crippen LogP contribution in [-0.4, -0.2) is 46.8 Å². The van der Waals surface area contributed by atoms with E-state index in [1.165, 1.54) is 36.3 Å². The van der Waals surface area contributed by atoms with Crippen molar-refractivity contribution in [2.45, 2.75) is 35.5 Å². The van der Waals surface area contributed by atoms with Gasteiger partial charge in [0.05, 0.1) is 6.33 Å². The molecule has 0 bridgehead atoms. The summed E-state index contributed by atoms with van der Waals surface area (Å²) in [7, 11) is 0. The van der Waals surface area contributed by atoms with Gasteiger partial charge < -0.3 is 26.2 Å². The molecular formula is C18H18N6O4S. The molecule has 2 heterocycles. The largest absolute Gasteiger partial charge is 0.507 e. The normalized spacial score (nSPS) is 15.4. The number of hydrogen-bond donors (Lipinski definition) is 5. The molecule has 0 radical (unpaired) electrons. The maximum Gasteiger partial charge on any atom is 0.339 e. The number of carboxylic acids is 1. The maximum absolute atomic E-state index is 13.2. The van der Waals surface area contributed by atoms with Crippen LogP contribution in [0.3, 0.4) is 0 Å². The Hall–Kier alpha value is -3.34. The number of carboxylic acid groups (broad SMARTS) is 1. The molecule has 1 aliphatic rings. The average Bonchev–Trinajstić information content (AvgIpc) is 3.33. The van der Waals surface area contributed by atoms with E-state index in [1.807, 2.05) is 0 Å². The van der Waals surface area contributed by atoms with Crippen LogP contribution in [0.1, 0.15) is 36.0 Å². The Morgan fingerprint density at radius 2 is 2.00 bits per heavy atom. The molecular weight excluding hydrogens is 396 g/mol. The van der Waals surface area contributed by atoms with E-state index in [0.29, 0.717) is 34.7 Å². The number of anilines is 2. The third kappa shape index (κ3) is 3.56. The van der Waals surface area contributed by atoms with Gasteiger partial charge in [-0.1, -0.05) is 24.6 Å². The Morgan fingerprint density at radius 1 is 1.24 bits per heavy atom. The topological polar surface area (TPSA) is 167 Å². The van der Waals surface area contributed by atoms with Crippen molar-refractivity contribution in [1.82, 2.24) is 19.9 Å². The molecule has 1 fully saturated rings. The fourth-order valence-electron chi connectivity index (χ4n) is 3.43. The van der Waals surface area contributed by atoms with Crippen molar-refractivity contribution in [3.05, 3.63) is 30.1 Å². The lowest BCUT2D eigenvalue weighted by Gasteiger charge is -2.26. The Morgan fingerprint density at radius 3 is 2.72 bits per heavy atom. The molecule has 29 heavy (non-hydrogen) atoms. The second kappa shape index (κ2) is 7.24. The number of H-pyrrole nitrogens is 1. The van der Waals surface area contributed by atoms with Gasteiger partial charge in [0.1, 0.15) is 26.6 Å². The molecule has 0 atom stereocenters. The second-order valence-corrected chi connectivity index (χ2v) is 8.16. The summed E-state index contributed by atoms with van der Waals surface area (Å²) < 4.78 is -0.792. The minimum atomic E-state index is -1.28. The summed E-state index contributed by atoms with van der Waals surface area (Å²) in [6.45, 7) is 0. The molecule has 4 rings (SSSR count). The zero-order chi connectivity index (χ0) is 20.6. The smallest absolute Gasteiger partial charge is 0.339 e. The summed E-state index contributed by atoms with van der Waals surface area (Å²) in [6, 6.07) is 3.94. The number of hydrogen-bond acceptors (Lipinski definition) is 8. The first-order valence-electron chi connectivity index (χ1n) is 8.91. The zero-order valence-corrected chi connectivity index (χ0v) is 16.0. The van der Waals surface area contributed by atoms with Gasteiger partial charge in [-0.15, -0.1) is 0 Å². The number of phenols is 1. The van der Waals surface area contributed by atoms with Crippen molar-refractivity contribution >= 4 is 46.4 Å². The van der Waals surface area contributed by atoms with Crippen LogP contribution in [0.25, 0.3) is 11.2 Å². The lowest BCUT2D eigenvalue weighted by atomic mass is 10.1. The predicted molar refractivity (Wildman–Crippen MR) is 107 cm³/mol. The predicted octanol–water partition coefficient (Wildman–Crippen LogP) is 2.38. The highest BCUT2D eigenvalue weighted by molar-refractivity contribution is 8.01. The number of aromatic nitrogens is 4. The molecule has 1 amide bonds. The first kappa shape index (κ1) is 19.0. The van der Waals surface area contributed by atoms with E-state index in [0.717, 1.165) is 12.8 Å². The first-order chi connectivity index (χ1) is 13.9. The minimum Gasteiger partial charge on any atom is -0.507 e. The third-order valence-corrected chi connectivity index (χ3v) is 6.34. The molecule has 10 nitrogen and oxygen atoms in total. The number of imidazole rings is 1. The first-order valence-corrected chi connectivity index (χ1v) is 9.73. The van der Waals surface area contributed by atoms with Crippen molar-refractivity contribution in [2.75, 3.05) is 11.1 Å². The molecule has 150 valence electrons. The Labute approximate surface area is 169 Å². The van der Waals surface area contributed by atoms with Gasteiger partial charge in [0.15, 0.2) is 5.65 Å². The summed E-state index contributed by atoms with van der Waals surface area (Å²) in [5.74, 6) is -1.82. The number of aromatic carboxylic acids is 1. The van der Waals surface area contributed by atoms with Gasteiger partial charge >= 0.3 is 5.97 Å². The molecule has 0 aliphatic heterocycles. The zero-order valence-electron chi connectivity index (χ0n) is 15.2. The van der Waals surface area contributed by atoms with Gasteiger partial charge in [0, 0.05) is 5.69 Å². The molecule has 0 spiro atoms. The molecule has 1 saturated carbocycles. The fourth-order valence-corrected chi connectivity index (χ4v) is 4.83. The highest BCUT2D eigenvalue weighted by Crippen LogP contribution is 2.46. The van der Waals surface area contributed by atoms with E-state index < -0.39 is 10.7 Å². The summed E-state index contributed by atoms with van der Waals surface area (Å²) in [4.78, 5) is 39.9. The number of nitrogen functional groups attached to an aromatic ring is 1. The van der Waals surface area contributed by atoms with Crippen molar-refractivity contribution in [1.29, 1.82) is 0 Å². The van der Waals surface area contributed by atoms with Gasteiger partial charge in [-0.3, -0.25) is 4.79 Å². The number of carbonyl (C=O) groups excluding carboxylic acids is 1. The van der Waals surface area contributed by atoms with E-state index in [9.17, 15) is 19.8 Å². The highest BCUT2D eigenvalue weighted by atomic mass is 32.2. The number of fused-ring (bicyclic) bond motifs is 1. The van der Waals surface area contributed by atoms with E-state index in [-0.39, 0.29) is 23.2 Å². The van der Waals surface area contributed by atoms with Crippen LogP contribution in [0.5, 0.6) is 5.75 Å². The van der Waals surface area contributed by atoms with Crippen LogP contribution in [0.2, 0.25) is 0 Å². The van der Waals surface area contributed by atoms with Crippen molar-refractivity contribution < 1.29 is 19.8 Å². The monoisotopic (exact) mass is 414 g/mol. The molecule has 1 aromatic carbocycles. The van der Waals surface area contributed by atoms with E-state index in [2.05, 4.69) is 25.3 Å². The number of nitrogens with zero attached hydrogens (tertiary/aromatic N) is 3. The summed E-state index contributed by atoms with van der Waals surface area (Å²) >= 11 is 1.31. The second-order valence-electron chi connectivity index (χ2n) is 6.78. The lowest BCUT2D eigenvalue weighted by Crippen LogP contribution is -2.37. The number of nitrogens with two attached hydrogens (primary N) is 1. The van der Waals surface area contributed by atoms with Crippen LogP contribution >= 0.6 is 11.8 Å².